The predicted molar refractivity (Wildman–Crippen MR) is 138 cm³/mol. The SMILES string of the molecule is C/C=C/COc1cc(C)c(OCCCCCCOc2cccc(OCC(C)=NOC)c2)c(C)c1. The molecule has 2 aromatic carbocycles. The molecule has 0 heterocycles. The summed E-state index contributed by atoms with van der Waals surface area (Å²) >= 11 is 0. The Bertz CT molecular complexity index is 900. The van der Waals surface area contributed by atoms with Crippen LogP contribution in [-0.4, -0.2) is 39.2 Å². The molecule has 0 N–H and O–H groups in total. The summed E-state index contributed by atoms with van der Waals surface area (Å²) in [7, 11) is 1.52. The number of nitrogens with zero attached hydrogens (tertiary/aromatic N) is 1. The minimum absolute atomic E-state index is 0.382. The van der Waals surface area contributed by atoms with Crippen LogP contribution in [0.5, 0.6) is 23.0 Å². The van der Waals surface area contributed by atoms with E-state index in [-0.39, 0.29) is 0 Å². The molecule has 0 radical (unpaired) electrons. The molecule has 0 atom stereocenters. The molecule has 0 amide bonds. The Hall–Kier alpha value is -3.15. The average molecular weight is 470 g/mol. The van der Waals surface area contributed by atoms with Gasteiger partial charge in [-0.3, -0.25) is 0 Å². The number of unbranched alkanes of at least 4 members (excludes halogenated alkanes) is 3. The van der Waals surface area contributed by atoms with Crippen molar-refractivity contribution in [3.8, 4) is 23.0 Å². The monoisotopic (exact) mass is 469 g/mol. The first-order valence-corrected chi connectivity index (χ1v) is 11.9. The number of hydrogen-bond donors (Lipinski definition) is 0. The van der Waals surface area contributed by atoms with Gasteiger partial charge in [0.15, 0.2) is 0 Å². The van der Waals surface area contributed by atoms with Gasteiger partial charge in [-0.05, 0) is 88.8 Å². The third kappa shape index (κ3) is 10.2. The minimum atomic E-state index is 0.382. The molecule has 0 spiro atoms. The van der Waals surface area contributed by atoms with E-state index in [0.717, 1.165) is 65.5 Å². The third-order valence-corrected chi connectivity index (χ3v) is 5.07. The van der Waals surface area contributed by atoms with Crippen molar-refractivity contribution in [1.29, 1.82) is 0 Å². The van der Waals surface area contributed by atoms with Crippen LogP contribution in [-0.2, 0) is 4.84 Å². The van der Waals surface area contributed by atoms with Gasteiger partial charge in [-0.25, -0.2) is 0 Å². The van der Waals surface area contributed by atoms with E-state index in [1.54, 1.807) is 0 Å². The normalized spacial score (nSPS) is 11.5. The predicted octanol–water partition coefficient (Wildman–Crippen LogP) is 6.68. The van der Waals surface area contributed by atoms with Crippen molar-refractivity contribution in [2.75, 3.05) is 33.5 Å². The second-order valence-corrected chi connectivity index (χ2v) is 8.15. The third-order valence-electron chi connectivity index (χ3n) is 5.07. The molecule has 6 nitrogen and oxygen atoms in total. The van der Waals surface area contributed by atoms with Gasteiger partial charge in [0.05, 0.1) is 18.9 Å². The average Bonchev–Trinajstić information content (AvgIpc) is 2.81. The molecule has 186 valence electrons. The van der Waals surface area contributed by atoms with Crippen molar-refractivity contribution in [3.63, 3.8) is 0 Å². The summed E-state index contributed by atoms with van der Waals surface area (Å²) in [6, 6.07) is 11.7. The Balaban J connectivity index is 1.62. The molecule has 0 aliphatic rings. The first-order valence-electron chi connectivity index (χ1n) is 11.9. The summed E-state index contributed by atoms with van der Waals surface area (Å²) in [5.41, 5.74) is 2.99. The van der Waals surface area contributed by atoms with Crippen molar-refractivity contribution in [2.45, 2.75) is 53.4 Å². The lowest BCUT2D eigenvalue weighted by Crippen LogP contribution is -2.08. The van der Waals surface area contributed by atoms with Crippen molar-refractivity contribution >= 4 is 5.71 Å². The van der Waals surface area contributed by atoms with E-state index in [2.05, 4.69) is 19.0 Å². The van der Waals surface area contributed by atoms with Crippen LogP contribution in [0.25, 0.3) is 0 Å². The highest BCUT2D eigenvalue weighted by atomic mass is 16.6. The Morgan fingerprint density at radius 2 is 1.47 bits per heavy atom. The summed E-state index contributed by atoms with van der Waals surface area (Å²) < 4.78 is 23.4. The van der Waals surface area contributed by atoms with Crippen molar-refractivity contribution in [1.82, 2.24) is 0 Å². The standard InChI is InChI=1S/C28H39NO5/c1-6-7-15-32-27-18-22(2)28(23(3)19-27)33-17-11-9-8-10-16-31-25-13-12-14-26(20-25)34-21-24(4)29-30-5/h6-7,12-14,18-20H,8-11,15-17,21H2,1-5H3/b7-6+,29-24?. The van der Waals surface area contributed by atoms with E-state index in [0.29, 0.717) is 26.4 Å². The molecule has 6 heteroatoms. The van der Waals surface area contributed by atoms with Crippen molar-refractivity contribution in [2.24, 2.45) is 5.16 Å². The highest BCUT2D eigenvalue weighted by molar-refractivity contribution is 5.82. The molecule has 0 aromatic heterocycles. The van der Waals surface area contributed by atoms with Crippen LogP contribution in [0.4, 0.5) is 0 Å². The molecule has 0 unspecified atom stereocenters. The van der Waals surface area contributed by atoms with Gasteiger partial charge in [-0.15, -0.1) is 0 Å². The molecule has 34 heavy (non-hydrogen) atoms. The van der Waals surface area contributed by atoms with Crippen LogP contribution in [0, 0.1) is 13.8 Å². The molecule has 0 saturated heterocycles. The van der Waals surface area contributed by atoms with Crippen LogP contribution in [0.3, 0.4) is 0 Å². The fourth-order valence-electron chi connectivity index (χ4n) is 3.41. The number of allylic oxidation sites excluding steroid dienone is 1. The maximum absolute atomic E-state index is 6.06. The fourth-order valence-corrected chi connectivity index (χ4v) is 3.41. The van der Waals surface area contributed by atoms with Crippen LogP contribution in [0.1, 0.15) is 50.7 Å². The summed E-state index contributed by atoms with van der Waals surface area (Å²) in [6.45, 7) is 10.3. The van der Waals surface area contributed by atoms with E-state index in [9.17, 15) is 0 Å². The minimum Gasteiger partial charge on any atom is -0.493 e. The highest BCUT2D eigenvalue weighted by Gasteiger charge is 2.07. The van der Waals surface area contributed by atoms with Gasteiger partial charge < -0.3 is 23.8 Å². The van der Waals surface area contributed by atoms with Gasteiger partial charge in [0, 0.05) is 6.07 Å². The maximum Gasteiger partial charge on any atom is 0.129 e. The van der Waals surface area contributed by atoms with E-state index in [4.69, 9.17) is 23.8 Å². The van der Waals surface area contributed by atoms with Crippen LogP contribution in [0.15, 0.2) is 53.7 Å². The number of aryl methyl sites for hydroxylation is 2. The smallest absolute Gasteiger partial charge is 0.129 e. The van der Waals surface area contributed by atoms with Crippen molar-refractivity contribution in [3.05, 3.63) is 59.7 Å². The Morgan fingerprint density at radius 1 is 0.824 bits per heavy atom. The molecule has 0 saturated carbocycles. The number of benzene rings is 2. The van der Waals surface area contributed by atoms with Crippen molar-refractivity contribution < 1.29 is 23.8 Å². The molecular weight excluding hydrogens is 430 g/mol. The lowest BCUT2D eigenvalue weighted by atomic mass is 10.1. The quantitative estimate of drug-likeness (QED) is 0.119. The van der Waals surface area contributed by atoms with Gasteiger partial charge in [0.2, 0.25) is 0 Å². The fraction of sp³-hybridized carbons (Fsp3) is 0.464. The molecule has 2 rings (SSSR count). The van der Waals surface area contributed by atoms with Crippen LogP contribution in [0.2, 0.25) is 0 Å². The molecule has 0 aliphatic carbocycles. The second kappa shape index (κ2) is 15.6. The summed E-state index contributed by atoms with van der Waals surface area (Å²) in [4.78, 5) is 4.74. The van der Waals surface area contributed by atoms with E-state index >= 15 is 0 Å². The molecule has 0 fully saturated rings. The lowest BCUT2D eigenvalue weighted by Gasteiger charge is -2.14. The lowest BCUT2D eigenvalue weighted by molar-refractivity contribution is 0.209. The van der Waals surface area contributed by atoms with E-state index in [1.807, 2.05) is 62.4 Å². The summed E-state index contributed by atoms with van der Waals surface area (Å²) in [5, 5.41) is 3.84. The van der Waals surface area contributed by atoms with Gasteiger partial charge in [-0.2, -0.15) is 0 Å². The molecule has 2 aromatic rings. The van der Waals surface area contributed by atoms with E-state index in [1.165, 1.54) is 7.11 Å². The van der Waals surface area contributed by atoms with E-state index < -0.39 is 0 Å². The maximum atomic E-state index is 6.06. The molecule has 0 bridgehead atoms. The van der Waals surface area contributed by atoms with Crippen LogP contribution >= 0.6 is 0 Å². The second-order valence-electron chi connectivity index (χ2n) is 8.15. The van der Waals surface area contributed by atoms with Crippen LogP contribution < -0.4 is 18.9 Å². The highest BCUT2D eigenvalue weighted by Crippen LogP contribution is 2.28. The Kier molecular flexibility index (Phi) is 12.5. The largest absolute Gasteiger partial charge is 0.493 e. The summed E-state index contributed by atoms with van der Waals surface area (Å²) in [6.07, 6.45) is 8.20. The Labute approximate surface area is 204 Å². The zero-order valence-corrected chi connectivity index (χ0v) is 21.3. The zero-order chi connectivity index (χ0) is 24.6. The molecule has 0 aliphatic heterocycles. The van der Waals surface area contributed by atoms with Gasteiger partial charge in [-0.1, -0.05) is 23.4 Å². The number of oxime groups is 1. The summed E-state index contributed by atoms with van der Waals surface area (Å²) in [5.74, 6) is 3.41. The number of hydrogen-bond acceptors (Lipinski definition) is 6. The molecular formula is C28H39NO5. The number of ether oxygens (including phenoxy) is 4. The first-order chi connectivity index (χ1) is 16.5. The van der Waals surface area contributed by atoms with Gasteiger partial charge >= 0.3 is 0 Å². The van der Waals surface area contributed by atoms with Gasteiger partial charge in [0.1, 0.15) is 43.3 Å². The first kappa shape index (κ1) is 27.1. The van der Waals surface area contributed by atoms with Gasteiger partial charge in [0.25, 0.3) is 0 Å². The zero-order valence-electron chi connectivity index (χ0n) is 21.3. The Morgan fingerprint density at radius 3 is 2.12 bits per heavy atom. The topological polar surface area (TPSA) is 58.5 Å². The number of rotatable bonds is 16.